The third-order valence-corrected chi connectivity index (χ3v) is 4.92. The second-order valence-corrected chi connectivity index (χ2v) is 8.08. The molecule has 19 heavy (non-hydrogen) atoms. The number of aromatic nitrogens is 1. The molecule has 0 aliphatic carbocycles. The molecule has 7 heteroatoms. The van der Waals surface area contributed by atoms with Crippen molar-refractivity contribution in [3.8, 4) is 0 Å². The summed E-state index contributed by atoms with van der Waals surface area (Å²) in [5, 5.41) is 6.83. The second kappa shape index (κ2) is 7.51. The van der Waals surface area contributed by atoms with E-state index in [0.717, 1.165) is 23.3 Å². The van der Waals surface area contributed by atoms with Crippen molar-refractivity contribution < 1.29 is 0 Å². The van der Waals surface area contributed by atoms with Gasteiger partial charge in [0.05, 0.1) is 2.88 Å². The Morgan fingerprint density at radius 2 is 2.21 bits per heavy atom. The van der Waals surface area contributed by atoms with Gasteiger partial charge in [-0.3, -0.25) is 0 Å². The number of anilines is 1. The van der Waals surface area contributed by atoms with E-state index in [1.54, 1.807) is 6.20 Å². The van der Waals surface area contributed by atoms with Crippen molar-refractivity contribution in [3.63, 3.8) is 0 Å². The molecule has 0 saturated heterocycles. The van der Waals surface area contributed by atoms with E-state index in [4.69, 9.17) is 12.2 Å². The number of nitrogens with one attached hydrogen (secondary N) is 2. The summed E-state index contributed by atoms with van der Waals surface area (Å²) in [7, 11) is 0. The summed E-state index contributed by atoms with van der Waals surface area (Å²) < 4.78 is 2.26. The Morgan fingerprint density at radius 3 is 2.84 bits per heavy atom. The fraction of sp³-hybridized carbons (Fsp3) is 0.167. The highest BCUT2D eigenvalue weighted by Crippen LogP contribution is 2.18. The minimum absolute atomic E-state index is 0.598. The van der Waals surface area contributed by atoms with E-state index < -0.39 is 0 Å². The van der Waals surface area contributed by atoms with Gasteiger partial charge in [-0.1, -0.05) is 0 Å². The minimum atomic E-state index is 0.598. The van der Waals surface area contributed by atoms with Crippen LogP contribution in [0.3, 0.4) is 0 Å². The first-order valence-corrected chi connectivity index (χ1v) is 8.64. The summed E-state index contributed by atoms with van der Waals surface area (Å²) in [6.07, 6.45) is 2.71. The van der Waals surface area contributed by atoms with Crippen molar-refractivity contribution in [2.75, 3.05) is 11.9 Å². The van der Waals surface area contributed by atoms with Crippen molar-refractivity contribution in [1.29, 1.82) is 0 Å². The molecule has 2 heterocycles. The predicted molar refractivity (Wildman–Crippen MR) is 96.9 cm³/mol. The van der Waals surface area contributed by atoms with Crippen molar-refractivity contribution >= 4 is 73.0 Å². The number of hydrogen-bond acceptors (Lipinski definition) is 3. The second-order valence-electron chi connectivity index (χ2n) is 3.70. The first kappa shape index (κ1) is 15.1. The number of rotatable bonds is 4. The van der Waals surface area contributed by atoms with Crippen molar-refractivity contribution in [2.45, 2.75) is 6.42 Å². The molecule has 0 radical (unpaired) electrons. The molecule has 100 valence electrons. The molecular weight excluding hydrogens is 457 g/mol. The molecule has 2 aromatic heterocycles. The third-order valence-electron chi connectivity index (χ3n) is 2.25. The summed E-state index contributed by atoms with van der Waals surface area (Å²) in [5.41, 5.74) is 0. The standard InChI is InChI=1S/C12H11BrIN3S2/c13-8-1-4-11(16-7-8)17-12(18)15-6-5-9-2-3-10(14)19-9/h1-4,7H,5-6H2,(H2,15,16,17,18). The Balaban J connectivity index is 1.74. The lowest BCUT2D eigenvalue weighted by atomic mass is 10.3. The van der Waals surface area contributed by atoms with Crippen LogP contribution in [0.2, 0.25) is 0 Å². The Kier molecular flexibility index (Phi) is 5.99. The van der Waals surface area contributed by atoms with Crippen LogP contribution < -0.4 is 10.6 Å². The molecule has 3 nitrogen and oxygen atoms in total. The van der Waals surface area contributed by atoms with Crippen LogP contribution in [0.4, 0.5) is 5.82 Å². The highest BCUT2D eigenvalue weighted by Gasteiger charge is 2.00. The largest absolute Gasteiger partial charge is 0.362 e. The van der Waals surface area contributed by atoms with Gasteiger partial charge in [0.1, 0.15) is 5.82 Å². The number of nitrogens with zero attached hydrogens (tertiary/aromatic N) is 1. The van der Waals surface area contributed by atoms with Gasteiger partial charge in [0.15, 0.2) is 5.11 Å². The van der Waals surface area contributed by atoms with Gasteiger partial charge in [0, 0.05) is 22.1 Å². The molecule has 0 unspecified atom stereocenters. The van der Waals surface area contributed by atoms with Gasteiger partial charge in [0.25, 0.3) is 0 Å². The molecule has 2 N–H and O–H groups in total. The van der Waals surface area contributed by atoms with Crippen LogP contribution >= 0.6 is 62.1 Å². The Labute approximate surface area is 143 Å². The molecule has 2 aromatic rings. The van der Waals surface area contributed by atoms with E-state index in [-0.39, 0.29) is 0 Å². The zero-order chi connectivity index (χ0) is 13.7. The maximum Gasteiger partial charge on any atom is 0.171 e. The number of thiophene rings is 1. The molecule has 0 fully saturated rings. The van der Waals surface area contributed by atoms with E-state index in [1.807, 2.05) is 23.5 Å². The molecule has 0 aliphatic rings. The lowest BCUT2D eigenvalue weighted by Crippen LogP contribution is -2.30. The number of halogens is 2. The fourth-order valence-electron chi connectivity index (χ4n) is 1.40. The quantitative estimate of drug-likeness (QED) is 0.525. The van der Waals surface area contributed by atoms with E-state index in [2.05, 4.69) is 66.3 Å². The maximum atomic E-state index is 5.22. The lowest BCUT2D eigenvalue weighted by Gasteiger charge is -2.09. The summed E-state index contributed by atoms with van der Waals surface area (Å²) in [6.45, 7) is 0.818. The molecular formula is C12H11BrIN3S2. The monoisotopic (exact) mass is 467 g/mol. The van der Waals surface area contributed by atoms with Crippen LogP contribution in [0.25, 0.3) is 0 Å². The van der Waals surface area contributed by atoms with Gasteiger partial charge in [-0.25, -0.2) is 4.98 Å². The van der Waals surface area contributed by atoms with Crippen LogP contribution in [-0.2, 0) is 6.42 Å². The van der Waals surface area contributed by atoms with Crippen molar-refractivity contribution in [2.24, 2.45) is 0 Å². The molecule has 2 rings (SSSR count). The number of pyridine rings is 1. The maximum absolute atomic E-state index is 5.22. The molecule has 0 aliphatic heterocycles. The third kappa shape index (κ3) is 5.33. The number of hydrogen-bond donors (Lipinski definition) is 2. The van der Waals surface area contributed by atoms with Crippen molar-refractivity contribution in [1.82, 2.24) is 10.3 Å². The van der Waals surface area contributed by atoms with Crippen LogP contribution in [-0.4, -0.2) is 16.6 Å². The predicted octanol–water partition coefficient (Wildman–Crippen LogP) is 4.04. The highest BCUT2D eigenvalue weighted by atomic mass is 127. The van der Waals surface area contributed by atoms with Crippen LogP contribution in [0.5, 0.6) is 0 Å². The van der Waals surface area contributed by atoms with E-state index in [1.165, 1.54) is 7.76 Å². The first-order chi connectivity index (χ1) is 9.13. The smallest absolute Gasteiger partial charge is 0.171 e. The zero-order valence-corrected chi connectivity index (χ0v) is 15.2. The SMILES string of the molecule is S=C(NCCc1ccc(I)s1)Nc1ccc(Br)cn1. The van der Waals surface area contributed by atoms with E-state index in [9.17, 15) is 0 Å². The summed E-state index contributed by atoms with van der Waals surface area (Å²) in [6, 6.07) is 8.08. The average Bonchev–Trinajstić information content (AvgIpc) is 2.78. The Hall–Kier alpha value is -0.250. The van der Waals surface area contributed by atoms with Gasteiger partial charge in [0.2, 0.25) is 0 Å². The minimum Gasteiger partial charge on any atom is -0.362 e. The molecule has 0 aromatic carbocycles. The molecule has 0 bridgehead atoms. The Morgan fingerprint density at radius 1 is 1.37 bits per heavy atom. The van der Waals surface area contributed by atoms with Crippen LogP contribution in [0, 0.1) is 2.88 Å². The number of thiocarbonyl (C=S) groups is 1. The van der Waals surface area contributed by atoms with Gasteiger partial charge in [-0.15, -0.1) is 11.3 Å². The Bertz CT molecular complexity index is 556. The normalized spacial score (nSPS) is 10.2. The van der Waals surface area contributed by atoms with E-state index in [0.29, 0.717) is 5.11 Å². The average molecular weight is 468 g/mol. The summed E-state index contributed by atoms with van der Waals surface area (Å²) in [5.74, 6) is 0.742. The van der Waals surface area contributed by atoms with Gasteiger partial charge < -0.3 is 10.6 Å². The van der Waals surface area contributed by atoms with Crippen LogP contribution in [0.15, 0.2) is 34.9 Å². The summed E-state index contributed by atoms with van der Waals surface area (Å²) >= 11 is 12.7. The van der Waals surface area contributed by atoms with Gasteiger partial charge in [-0.2, -0.15) is 0 Å². The first-order valence-electron chi connectivity index (χ1n) is 5.54. The molecule has 0 amide bonds. The van der Waals surface area contributed by atoms with Crippen molar-refractivity contribution in [3.05, 3.63) is 42.7 Å². The molecule has 0 saturated carbocycles. The zero-order valence-electron chi connectivity index (χ0n) is 9.82. The van der Waals surface area contributed by atoms with Gasteiger partial charge >= 0.3 is 0 Å². The highest BCUT2D eigenvalue weighted by molar-refractivity contribution is 14.1. The molecule has 0 spiro atoms. The topological polar surface area (TPSA) is 37.0 Å². The van der Waals surface area contributed by atoms with Crippen LogP contribution in [0.1, 0.15) is 4.88 Å². The lowest BCUT2D eigenvalue weighted by molar-refractivity contribution is 0.884. The molecule has 0 atom stereocenters. The fourth-order valence-corrected chi connectivity index (χ4v) is 3.59. The van der Waals surface area contributed by atoms with Gasteiger partial charge in [-0.05, 0) is 81.4 Å². The summed E-state index contributed by atoms with van der Waals surface area (Å²) in [4.78, 5) is 5.57. The van der Waals surface area contributed by atoms with E-state index >= 15 is 0 Å².